The van der Waals surface area contributed by atoms with Crippen molar-refractivity contribution in [3.63, 3.8) is 0 Å². The van der Waals surface area contributed by atoms with Gasteiger partial charge in [-0.05, 0) is 43.4 Å². The van der Waals surface area contributed by atoms with Crippen molar-refractivity contribution in [1.82, 2.24) is 0 Å². The lowest BCUT2D eigenvalue weighted by atomic mass is 9.75. The SMILES string of the molecule is COC(=O)C(N)C1CCC(C(C)C)CC1. The van der Waals surface area contributed by atoms with Crippen LogP contribution in [0.3, 0.4) is 0 Å². The molecule has 3 heteroatoms. The average Bonchev–Trinajstić information content (AvgIpc) is 2.27. The number of methoxy groups -OCH3 is 1. The van der Waals surface area contributed by atoms with Crippen molar-refractivity contribution in [2.75, 3.05) is 7.11 Å². The van der Waals surface area contributed by atoms with E-state index in [2.05, 4.69) is 18.6 Å². The van der Waals surface area contributed by atoms with Gasteiger partial charge in [0.25, 0.3) is 0 Å². The second kappa shape index (κ2) is 5.50. The molecule has 0 radical (unpaired) electrons. The third-order valence-electron chi connectivity index (χ3n) is 3.74. The Labute approximate surface area is 92.4 Å². The molecule has 0 saturated heterocycles. The molecule has 0 heterocycles. The lowest BCUT2D eigenvalue weighted by Gasteiger charge is -2.32. The summed E-state index contributed by atoms with van der Waals surface area (Å²) in [6.45, 7) is 4.54. The molecule has 1 aliphatic rings. The highest BCUT2D eigenvalue weighted by Gasteiger charge is 2.30. The Hall–Kier alpha value is -0.570. The smallest absolute Gasteiger partial charge is 0.322 e. The number of hydrogen-bond acceptors (Lipinski definition) is 3. The van der Waals surface area contributed by atoms with E-state index in [0.717, 1.165) is 24.7 Å². The molecule has 0 aromatic rings. The summed E-state index contributed by atoms with van der Waals surface area (Å²) in [6, 6.07) is -0.414. The van der Waals surface area contributed by atoms with E-state index in [0.29, 0.717) is 5.92 Å². The zero-order valence-corrected chi connectivity index (χ0v) is 10.0. The zero-order chi connectivity index (χ0) is 11.4. The molecule has 1 atom stereocenters. The molecule has 1 fully saturated rings. The van der Waals surface area contributed by atoms with Crippen molar-refractivity contribution in [3.8, 4) is 0 Å². The first-order valence-electron chi connectivity index (χ1n) is 5.89. The van der Waals surface area contributed by atoms with Crippen LogP contribution in [0.4, 0.5) is 0 Å². The number of hydrogen-bond donors (Lipinski definition) is 1. The van der Waals surface area contributed by atoms with Crippen LogP contribution < -0.4 is 5.73 Å². The molecule has 2 N–H and O–H groups in total. The lowest BCUT2D eigenvalue weighted by molar-refractivity contribution is -0.144. The summed E-state index contributed by atoms with van der Waals surface area (Å²) >= 11 is 0. The molecule has 1 aliphatic carbocycles. The van der Waals surface area contributed by atoms with Gasteiger partial charge in [-0.1, -0.05) is 13.8 Å². The van der Waals surface area contributed by atoms with Crippen molar-refractivity contribution in [2.24, 2.45) is 23.5 Å². The van der Waals surface area contributed by atoms with Gasteiger partial charge in [0, 0.05) is 0 Å². The maximum absolute atomic E-state index is 11.3. The van der Waals surface area contributed by atoms with Crippen LogP contribution >= 0.6 is 0 Å². The first-order chi connectivity index (χ1) is 7.06. The molecule has 0 amide bonds. The second-order valence-electron chi connectivity index (χ2n) is 4.97. The molecule has 88 valence electrons. The molecule has 0 aromatic carbocycles. The molecule has 15 heavy (non-hydrogen) atoms. The normalized spacial score (nSPS) is 28.9. The minimum absolute atomic E-state index is 0.261. The Balaban J connectivity index is 2.40. The Morgan fingerprint density at radius 2 is 1.67 bits per heavy atom. The van der Waals surface area contributed by atoms with Crippen molar-refractivity contribution in [2.45, 2.75) is 45.6 Å². The van der Waals surface area contributed by atoms with E-state index in [1.807, 2.05) is 0 Å². The van der Waals surface area contributed by atoms with Gasteiger partial charge in [-0.3, -0.25) is 4.79 Å². The predicted molar refractivity (Wildman–Crippen MR) is 60.3 cm³/mol. The standard InChI is InChI=1S/C12H23NO2/c1-8(2)9-4-6-10(7-5-9)11(13)12(14)15-3/h8-11H,4-7,13H2,1-3H3. The highest BCUT2D eigenvalue weighted by Crippen LogP contribution is 2.34. The van der Waals surface area contributed by atoms with Gasteiger partial charge in [-0.15, -0.1) is 0 Å². The van der Waals surface area contributed by atoms with E-state index in [-0.39, 0.29) is 5.97 Å². The van der Waals surface area contributed by atoms with Gasteiger partial charge in [0.05, 0.1) is 7.11 Å². The molecule has 0 spiro atoms. The van der Waals surface area contributed by atoms with Crippen LogP contribution in [0.5, 0.6) is 0 Å². The predicted octanol–water partition coefficient (Wildman–Crippen LogP) is 1.95. The molecule has 0 aromatic heterocycles. The second-order valence-corrected chi connectivity index (χ2v) is 4.97. The van der Waals surface area contributed by atoms with Crippen LogP contribution in [0.15, 0.2) is 0 Å². The van der Waals surface area contributed by atoms with Gasteiger partial charge in [0.2, 0.25) is 0 Å². The summed E-state index contributed by atoms with van der Waals surface area (Å²) in [5, 5.41) is 0. The van der Waals surface area contributed by atoms with Crippen LogP contribution in [-0.2, 0) is 9.53 Å². The molecule has 0 aliphatic heterocycles. The van der Waals surface area contributed by atoms with Crippen LogP contribution in [-0.4, -0.2) is 19.1 Å². The largest absolute Gasteiger partial charge is 0.468 e. The minimum Gasteiger partial charge on any atom is -0.468 e. The van der Waals surface area contributed by atoms with Gasteiger partial charge >= 0.3 is 5.97 Å². The van der Waals surface area contributed by atoms with Gasteiger partial charge in [-0.2, -0.15) is 0 Å². The van der Waals surface area contributed by atoms with E-state index < -0.39 is 6.04 Å². The molecule has 0 bridgehead atoms. The Kier molecular flexibility index (Phi) is 4.58. The molecule has 1 rings (SSSR count). The van der Waals surface area contributed by atoms with Crippen LogP contribution in [0, 0.1) is 17.8 Å². The third kappa shape index (κ3) is 3.20. The summed E-state index contributed by atoms with van der Waals surface area (Å²) in [5.41, 5.74) is 5.85. The van der Waals surface area contributed by atoms with Gasteiger partial charge in [0.15, 0.2) is 0 Å². The average molecular weight is 213 g/mol. The van der Waals surface area contributed by atoms with Crippen molar-refractivity contribution in [1.29, 1.82) is 0 Å². The number of carbonyl (C=O) groups excluding carboxylic acids is 1. The molecule has 1 saturated carbocycles. The van der Waals surface area contributed by atoms with Crippen LogP contribution in [0.25, 0.3) is 0 Å². The zero-order valence-electron chi connectivity index (χ0n) is 10.0. The van der Waals surface area contributed by atoms with Crippen molar-refractivity contribution < 1.29 is 9.53 Å². The summed E-state index contributed by atoms with van der Waals surface area (Å²) in [7, 11) is 1.40. The van der Waals surface area contributed by atoms with E-state index in [9.17, 15) is 4.79 Å². The number of nitrogens with two attached hydrogens (primary N) is 1. The first-order valence-corrected chi connectivity index (χ1v) is 5.89. The minimum atomic E-state index is -0.414. The summed E-state index contributed by atoms with van der Waals surface area (Å²) in [5.74, 6) is 1.63. The number of carbonyl (C=O) groups is 1. The molecule has 1 unspecified atom stereocenters. The van der Waals surface area contributed by atoms with Gasteiger partial charge in [0.1, 0.15) is 6.04 Å². The Bertz CT molecular complexity index is 208. The number of esters is 1. The van der Waals surface area contributed by atoms with E-state index in [1.54, 1.807) is 0 Å². The third-order valence-corrected chi connectivity index (χ3v) is 3.74. The Morgan fingerprint density at radius 3 is 2.07 bits per heavy atom. The Morgan fingerprint density at radius 1 is 1.20 bits per heavy atom. The summed E-state index contributed by atoms with van der Waals surface area (Å²) in [4.78, 5) is 11.3. The van der Waals surface area contributed by atoms with Gasteiger partial charge in [-0.25, -0.2) is 0 Å². The summed E-state index contributed by atoms with van der Waals surface area (Å²) in [6.07, 6.45) is 4.54. The maximum Gasteiger partial charge on any atom is 0.322 e. The van der Waals surface area contributed by atoms with Gasteiger partial charge < -0.3 is 10.5 Å². The van der Waals surface area contributed by atoms with Crippen LogP contribution in [0.2, 0.25) is 0 Å². The number of rotatable bonds is 3. The monoisotopic (exact) mass is 213 g/mol. The lowest BCUT2D eigenvalue weighted by Crippen LogP contribution is -2.41. The van der Waals surface area contributed by atoms with E-state index in [4.69, 9.17) is 5.73 Å². The molecule has 3 nitrogen and oxygen atoms in total. The van der Waals surface area contributed by atoms with Crippen LogP contribution in [0.1, 0.15) is 39.5 Å². The van der Waals surface area contributed by atoms with Crippen molar-refractivity contribution in [3.05, 3.63) is 0 Å². The highest BCUT2D eigenvalue weighted by molar-refractivity contribution is 5.75. The molecular weight excluding hydrogens is 190 g/mol. The number of ether oxygens (including phenoxy) is 1. The topological polar surface area (TPSA) is 52.3 Å². The summed E-state index contributed by atoms with van der Waals surface area (Å²) < 4.78 is 4.68. The van der Waals surface area contributed by atoms with E-state index in [1.165, 1.54) is 20.0 Å². The van der Waals surface area contributed by atoms with Crippen molar-refractivity contribution >= 4 is 5.97 Å². The fourth-order valence-corrected chi connectivity index (χ4v) is 2.50. The fraction of sp³-hybridized carbons (Fsp3) is 0.917. The fourth-order valence-electron chi connectivity index (χ4n) is 2.50. The first kappa shape index (κ1) is 12.5. The van der Waals surface area contributed by atoms with E-state index >= 15 is 0 Å². The highest BCUT2D eigenvalue weighted by atomic mass is 16.5. The molecular formula is C12H23NO2. The maximum atomic E-state index is 11.3. The quantitative estimate of drug-likeness (QED) is 0.729.